The van der Waals surface area contributed by atoms with E-state index in [0.717, 1.165) is 36.4 Å². The summed E-state index contributed by atoms with van der Waals surface area (Å²) in [5, 5.41) is 0. The van der Waals surface area contributed by atoms with Crippen molar-refractivity contribution >= 4 is 34.8 Å². The topological polar surface area (TPSA) is 29.5 Å². The van der Waals surface area contributed by atoms with Crippen LogP contribution in [-0.2, 0) is 11.2 Å². The first kappa shape index (κ1) is 14.0. The van der Waals surface area contributed by atoms with Crippen LogP contribution in [0, 0.1) is 5.41 Å². The summed E-state index contributed by atoms with van der Waals surface area (Å²) in [6, 6.07) is 5.83. The van der Waals surface area contributed by atoms with Crippen LogP contribution < -0.4 is 9.64 Å². The molecule has 1 aliphatic carbocycles. The molecule has 5 heteroatoms. The number of nitrogens with zero attached hydrogens (tertiary/aromatic N) is 1. The van der Waals surface area contributed by atoms with Gasteiger partial charge in [-0.1, -0.05) is 0 Å². The second-order valence-electron chi connectivity index (χ2n) is 5.77. The number of rotatable bonds is 2. The minimum atomic E-state index is -0.922. The smallest absolute Gasteiger partial charge is 0.236 e. The highest BCUT2D eigenvalue weighted by Gasteiger charge is 2.69. The van der Waals surface area contributed by atoms with E-state index in [-0.39, 0.29) is 5.91 Å². The molecule has 20 heavy (non-hydrogen) atoms. The minimum Gasteiger partial charge on any atom is -0.497 e. The average molecular weight is 314 g/mol. The second kappa shape index (κ2) is 4.54. The highest BCUT2D eigenvalue weighted by molar-refractivity contribution is 6.53. The van der Waals surface area contributed by atoms with Crippen molar-refractivity contribution in [2.24, 2.45) is 5.41 Å². The van der Waals surface area contributed by atoms with Crippen LogP contribution >= 0.6 is 23.2 Å². The van der Waals surface area contributed by atoms with Gasteiger partial charge >= 0.3 is 0 Å². The molecule has 1 saturated carbocycles. The number of hydrogen-bond acceptors (Lipinski definition) is 2. The number of methoxy groups -OCH3 is 1. The third-order valence-corrected chi connectivity index (χ3v) is 5.48. The predicted molar refractivity (Wildman–Crippen MR) is 80.8 cm³/mol. The van der Waals surface area contributed by atoms with E-state index in [9.17, 15) is 4.79 Å². The van der Waals surface area contributed by atoms with Crippen LogP contribution in [0.25, 0.3) is 0 Å². The highest BCUT2D eigenvalue weighted by Crippen LogP contribution is 2.64. The van der Waals surface area contributed by atoms with Crippen LogP contribution in [0.5, 0.6) is 5.75 Å². The largest absolute Gasteiger partial charge is 0.497 e. The lowest BCUT2D eigenvalue weighted by atomic mass is 9.98. The SMILES string of the molecule is COc1ccc2c(c1)CCCN2C(=O)[C@]1(C)CC1(Cl)Cl. The number of hydrogen-bond donors (Lipinski definition) is 0. The Hall–Kier alpha value is -0.930. The van der Waals surface area contributed by atoms with Gasteiger partial charge in [0.2, 0.25) is 5.91 Å². The molecule has 0 unspecified atom stereocenters. The van der Waals surface area contributed by atoms with Crippen LogP contribution in [0.1, 0.15) is 25.3 Å². The van der Waals surface area contributed by atoms with E-state index >= 15 is 0 Å². The van der Waals surface area contributed by atoms with Gasteiger partial charge < -0.3 is 9.64 Å². The van der Waals surface area contributed by atoms with Gasteiger partial charge in [-0.15, -0.1) is 23.2 Å². The molecular formula is C15H17Cl2NO2. The molecule has 0 saturated heterocycles. The molecule has 0 bridgehead atoms. The molecule has 1 amide bonds. The Morgan fingerprint density at radius 1 is 1.40 bits per heavy atom. The summed E-state index contributed by atoms with van der Waals surface area (Å²) in [5.74, 6) is 0.841. The zero-order valence-corrected chi connectivity index (χ0v) is 13.1. The standard InChI is InChI=1S/C15H17Cl2NO2/c1-14(9-15(14,16)17)13(19)18-7-3-4-10-8-11(20-2)5-6-12(10)18/h5-6,8H,3-4,7,9H2,1-2H3/t14-/m0/s1. The lowest BCUT2D eigenvalue weighted by molar-refractivity contribution is -0.123. The number of aryl methyl sites for hydroxylation is 1. The van der Waals surface area contributed by atoms with Gasteiger partial charge in [0.1, 0.15) is 10.1 Å². The van der Waals surface area contributed by atoms with E-state index in [1.807, 2.05) is 30.0 Å². The van der Waals surface area contributed by atoms with Crippen LogP contribution in [0.15, 0.2) is 18.2 Å². The normalized spacial score (nSPS) is 26.9. The number of carbonyl (C=O) groups excluding carboxylic acids is 1. The first-order valence-electron chi connectivity index (χ1n) is 6.76. The Balaban J connectivity index is 1.93. The third kappa shape index (κ3) is 1.99. The molecule has 1 fully saturated rings. The number of ether oxygens (including phenoxy) is 1. The van der Waals surface area contributed by atoms with Crippen LogP contribution in [0.2, 0.25) is 0 Å². The number of halogens is 2. The molecule has 0 radical (unpaired) electrons. The average Bonchev–Trinajstić information content (AvgIpc) is 2.96. The fourth-order valence-corrected chi connectivity index (χ4v) is 3.54. The number of anilines is 1. The number of alkyl halides is 2. The minimum absolute atomic E-state index is 0.0219. The van der Waals surface area contributed by atoms with Crippen LogP contribution in [0.3, 0.4) is 0 Å². The highest BCUT2D eigenvalue weighted by atomic mass is 35.5. The Morgan fingerprint density at radius 2 is 2.10 bits per heavy atom. The van der Waals surface area contributed by atoms with E-state index in [1.165, 1.54) is 0 Å². The van der Waals surface area contributed by atoms with Crippen LogP contribution in [-0.4, -0.2) is 23.9 Å². The molecule has 1 aromatic carbocycles. The molecule has 1 atom stereocenters. The van der Waals surface area contributed by atoms with Crippen molar-refractivity contribution in [1.82, 2.24) is 0 Å². The Labute approximate surface area is 128 Å². The number of carbonyl (C=O) groups is 1. The van der Waals surface area contributed by atoms with E-state index in [0.29, 0.717) is 6.42 Å². The molecule has 1 heterocycles. The first-order chi connectivity index (χ1) is 9.39. The van der Waals surface area contributed by atoms with Gasteiger partial charge in [-0.2, -0.15) is 0 Å². The lowest BCUT2D eigenvalue weighted by Crippen LogP contribution is -2.41. The van der Waals surface area contributed by atoms with E-state index in [4.69, 9.17) is 27.9 Å². The van der Waals surface area contributed by atoms with Gasteiger partial charge in [-0.3, -0.25) is 4.79 Å². The predicted octanol–water partition coefficient (Wildman–Crippen LogP) is 3.56. The summed E-state index contributed by atoms with van der Waals surface area (Å²) in [5.41, 5.74) is 1.44. The maximum absolute atomic E-state index is 12.7. The lowest BCUT2D eigenvalue weighted by Gasteiger charge is -2.32. The summed E-state index contributed by atoms with van der Waals surface area (Å²) in [7, 11) is 1.65. The van der Waals surface area contributed by atoms with Crippen molar-refractivity contribution in [3.05, 3.63) is 23.8 Å². The molecule has 0 aromatic heterocycles. The number of amides is 1. The zero-order chi connectivity index (χ0) is 14.5. The molecule has 2 aliphatic rings. The molecule has 0 N–H and O–H groups in total. The number of benzene rings is 1. The van der Waals surface area contributed by atoms with Crippen LogP contribution in [0.4, 0.5) is 5.69 Å². The van der Waals surface area contributed by atoms with Gasteiger partial charge in [-0.25, -0.2) is 0 Å². The van der Waals surface area contributed by atoms with Crippen molar-refractivity contribution in [2.45, 2.75) is 30.5 Å². The Morgan fingerprint density at radius 3 is 2.70 bits per heavy atom. The second-order valence-corrected chi connectivity index (χ2v) is 7.25. The summed E-state index contributed by atoms with van der Waals surface area (Å²) in [4.78, 5) is 14.6. The van der Waals surface area contributed by atoms with Crippen molar-refractivity contribution in [3.63, 3.8) is 0 Å². The van der Waals surface area contributed by atoms with Gasteiger partial charge in [0.25, 0.3) is 0 Å². The molecular weight excluding hydrogens is 297 g/mol. The zero-order valence-electron chi connectivity index (χ0n) is 11.6. The molecule has 1 aliphatic heterocycles. The Bertz CT molecular complexity index is 573. The fourth-order valence-electron chi connectivity index (χ4n) is 2.84. The van der Waals surface area contributed by atoms with Crippen molar-refractivity contribution in [2.75, 3.05) is 18.6 Å². The number of fused-ring (bicyclic) bond motifs is 1. The summed E-state index contributed by atoms with van der Waals surface area (Å²) >= 11 is 12.3. The molecule has 0 spiro atoms. The third-order valence-electron chi connectivity index (χ3n) is 4.38. The quantitative estimate of drug-likeness (QED) is 0.781. The first-order valence-corrected chi connectivity index (χ1v) is 7.51. The Kier molecular flexibility index (Phi) is 3.18. The summed E-state index contributed by atoms with van der Waals surface area (Å²) in [6.45, 7) is 2.56. The monoisotopic (exact) mass is 313 g/mol. The van der Waals surface area contributed by atoms with E-state index in [2.05, 4.69) is 0 Å². The maximum atomic E-state index is 12.7. The van der Waals surface area contributed by atoms with Gasteiger partial charge in [0, 0.05) is 12.2 Å². The maximum Gasteiger partial charge on any atom is 0.236 e. The molecule has 108 valence electrons. The molecule has 1 aromatic rings. The van der Waals surface area contributed by atoms with Crippen molar-refractivity contribution in [1.29, 1.82) is 0 Å². The van der Waals surface area contributed by atoms with Gasteiger partial charge in [0.05, 0.1) is 12.5 Å². The molecule has 3 rings (SSSR count). The summed E-state index contributed by atoms with van der Waals surface area (Å²) < 4.78 is 4.32. The van der Waals surface area contributed by atoms with Gasteiger partial charge in [0.15, 0.2) is 0 Å². The summed E-state index contributed by atoms with van der Waals surface area (Å²) in [6.07, 6.45) is 2.42. The molecule has 3 nitrogen and oxygen atoms in total. The van der Waals surface area contributed by atoms with Crippen molar-refractivity contribution < 1.29 is 9.53 Å². The fraction of sp³-hybridized carbons (Fsp3) is 0.533. The van der Waals surface area contributed by atoms with Gasteiger partial charge in [-0.05, 0) is 49.9 Å². The van der Waals surface area contributed by atoms with E-state index < -0.39 is 9.75 Å². The van der Waals surface area contributed by atoms with E-state index in [1.54, 1.807) is 7.11 Å². The van der Waals surface area contributed by atoms with Crippen molar-refractivity contribution in [3.8, 4) is 5.75 Å².